The smallest absolute Gasteiger partial charge is 0.289 e. The number of rotatable bonds is 3. The number of nitrogens with zero attached hydrogens (tertiary/aromatic N) is 1. The summed E-state index contributed by atoms with van der Waals surface area (Å²) in [7, 11) is -4.14. The Morgan fingerprint density at radius 3 is 2.48 bits per heavy atom. The molecule has 0 aliphatic carbocycles. The number of hydrogen-bond donors (Lipinski definition) is 2. The summed E-state index contributed by atoms with van der Waals surface area (Å²) in [5, 5.41) is 0.399. The maximum atomic E-state index is 12.2. The predicted molar refractivity (Wildman–Crippen MR) is 93.5 cm³/mol. The zero-order valence-corrected chi connectivity index (χ0v) is 14.6. The third-order valence-corrected chi connectivity index (χ3v) is 5.08. The number of sulfonamides is 1. The highest BCUT2D eigenvalue weighted by Crippen LogP contribution is 2.24. The van der Waals surface area contributed by atoms with Crippen LogP contribution in [0.5, 0.6) is 0 Å². The molecule has 0 saturated carbocycles. The van der Waals surface area contributed by atoms with Gasteiger partial charge in [0, 0.05) is 5.02 Å². The van der Waals surface area contributed by atoms with Gasteiger partial charge in [0.05, 0.1) is 21.0 Å². The first-order valence-corrected chi connectivity index (χ1v) is 9.03. The molecule has 1 heterocycles. The zero-order chi connectivity index (χ0) is 18.2. The van der Waals surface area contributed by atoms with Gasteiger partial charge in [-0.3, -0.25) is 9.59 Å². The van der Waals surface area contributed by atoms with Crippen LogP contribution in [-0.2, 0) is 10.0 Å². The molecule has 0 bridgehead atoms. The molecule has 1 aromatic heterocycles. The Kier molecular flexibility index (Phi) is 4.51. The van der Waals surface area contributed by atoms with Crippen molar-refractivity contribution in [1.82, 2.24) is 14.7 Å². The van der Waals surface area contributed by atoms with Gasteiger partial charge in [-0.25, -0.2) is 18.1 Å². The first-order chi connectivity index (χ1) is 11.8. The average Bonchev–Trinajstić information content (AvgIpc) is 2.55. The molecule has 0 aliphatic rings. The summed E-state index contributed by atoms with van der Waals surface area (Å²) in [6.45, 7) is 0. The summed E-state index contributed by atoms with van der Waals surface area (Å²) in [6, 6.07) is 10.1. The van der Waals surface area contributed by atoms with Gasteiger partial charge in [-0.15, -0.1) is 0 Å². The second kappa shape index (κ2) is 6.47. The van der Waals surface area contributed by atoms with E-state index in [0.717, 1.165) is 0 Å². The van der Waals surface area contributed by atoms with Crippen LogP contribution in [0.15, 0.2) is 52.2 Å². The van der Waals surface area contributed by atoms with E-state index >= 15 is 0 Å². The lowest BCUT2D eigenvalue weighted by Gasteiger charge is -2.07. The third-order valence-electron chi connectivity index (χ3n) is 3.22. The van der Waals surface area contributed by atoms with E-state index in [1.54, 1.807) is 6.07 Å². The number of amides is 1. The first-order valence-electron chi connectivity index (χ1n) is 6.79. The molecule has 0 saturated heterocycles. The molecule has 7 nitrogen and oxygen atoms in total. The Bertz CT molecular complexity index is 1140. The van der Waals surface area contributed by atoms with Crippen molar-refractivity contribution < 1.29 is 13.2 Å². The van der Waals surface area contributed by atoms with Crippen LogP contribution in [0.1, 0.15) is 10.5 Å². The normalized spacial score (nSPS) is 11.4. The molecule has 2 N–H and O–H groups in total. The number of carbonyl (C=O) groups is 1. The van der Waals surface area contributed by atoms with Crippen molar-refractivity contribution in [2.24, 2.45) is 0 Å². The molecule has 0 atom stereocenters. The highest BCUT2D eigenvalue weighted by atomic mass is 35.5. The van der Waals surface area contributed by atoms with Crippen molar-refractivity contribution in [3.63, 3.8) is 0 Å². The molecule has 2 aromatic carbocycles. The fourth-order valence-electron chi connectivity index (χ4n) is 2.10. The van der Waals surface area contributed by atoms with Crippen molar-refractivity contribution in [2.75, 3.05) is 0 Å². The maximum Gasteiger partial charge on any atom is 0.289 e. The topological polar surface area (TPSA) is 109 Å². The van der Waals surface area contributed by atoms with Crippen LogP contribution in [-0.4, -0.2) is 24.3 Å². The van der Waals surface area contributed by atoms with E-state index in [4.69, 9.17) is 23.2 Å². The summed E-state index contributed by atoms with van der Waals surface area (Å²) >= 11 is 11.8. The Labute approximate surface area is 151 Å². The highest BCUT2D eigenvalue weighted by Gasteiger charge is 2.22. The fourth-order valence-corrected chi connectivity index (χ4v) is 3.60. The van der Waals surface area contributed by atoms with Crippen LogP contribution in [0.2, 0.25) is 10.0 Å². The van der Waals surface area contributed by atoms with E-state index in [1.807, 2.05) is 4.72 Å². The third kappa shape index (κ3) is 3.51. The first kappa shape index (κ1) is 17.4. The lowest BCUT2D eigenvalue weighted by atomic mass is 10.3. The van der Waals surface area contributed by atoms with Crippen LogP contribution in [0.3, 0.4) is 0 Å². The Morgan fingerprint density at radius 2 is 1.80 bits per heavy atom. The van der Waals surface area contributed by atoms with Gasteiger partial charge in [0.1, 0.15) is 0 Å². The number of nitrogens with one attached hydrogen (secondary N) is 2. The molecule has 0 fully saturated rings. The molecule has 128 valence electrons. The van der Waals surface area contributed by atoms with E-state index < -0.39 is 27.2 Å². The summed E-state index contributed by atoms with van der Waals surface area (Å²) in [5.74, 6) is -1.16. The van der Waals surface area contributed by atoms with Crippen LogP contribution in [0, 0.1) is 0 Å². The molecule has 3 rings (SSSR count). The molecule has 3 aromatic rings. The molecule has 0 radical (unpaired) electrons. The SMILES string of the molecule is O=C(NS(=O)(=O)c1ccccc1)c1nc2cc(Cl)cc(Cl)c2[nH]c1=O. The molecule has 0 unspecified atom stereocenters. The number of benzene rings is 2. The molecule has 25 heavy (non-hydrogen) atoms. The van der Waals surface area contributed by atoms with Gasteiger partial charge >= 0.3 is 0 Å². The lowest BCUT2D eigenvalue weighted by Crippen LogP contribution is -2.35. The van der Waals surface area contributed by atoms with Crippen LogP contribution in [0.4, 0.5) is 0 Å². The fraction of sp³-hybridized carbons (Fsp3) is 0. The molecule has 0 spiro atoms. The van der Waals surface area contributed by atoms with Crippen LogP contribution < -0.4 is 10.3 Å². The number of hydrogen-bond acceptors (Lipinski definition) is 5. The van der Waals surface area contributed by atoms with E-state index in [2.05, 4.69) is 9.97 Å². The minimum absolute atomic E-state index is 0.119. The van der Waals surface area contributed by atoms with Crippen molar-refractivity contribution in [3.8, 4) is 0 Å². The Hall–Kier alpha value is -2.42. The predicted octanol–water partition coefficient (Wildman–Crippen LogP) is 2.35. The summed E-state index contributed by atoms with van der Waals surface area (Å²) in [4.78, 5) is 30.5. The molecular formula is C15H9Cl2N3O4S. The minimum atomic E-state index is -4.14. The van der Waals surface area contributed by atoms with E-state index in [0.29, 0.717) is 0 Å². The van der Waals surface area contributed by atoms with Crippen molar-refractivity contribution >= 4 is 50.2 Å². The van der Waals surface area contributed by atoms with E-state index in [9.17, 15) is 18.0 Å². The molecular weight excluding hydrogens is 389 g/mol. The van der Waals surface area contributed by atoms with E-state index in [-0.39, 0.29) is 26.0 Å². The van der Waals surface area contributed by atoms with Gasteiger partial charge in [0.25, 0.3) is 21.5 Å². The number of aromatic nitrogens is 2. The average molecular weight is 398 g/mol. The van der Waals surface area contributed by atoms with Crippen molar-refractivity contribution in [1.29, 1.82) is 0 Å². The lowest BCUT2D eigenvalue weighted by molar-refractivity contribution is 0.0975. The van der Waals surface area contributed by atoms with Gasteiger partial charge in [0.2, 0.25) is 0 Å². The van der Waals surface area contributed by atoms with Gasteiger partial charge in [-0.2, -0.15) is 0 Å². The zero-order valence-electron chi connectivity index (χ0n) is 12.3. The van der Waals surface area contributed by atoms with Crippen LogP contribution in [0.25, 0.3) is 11.0 Å². The van der Waals surface area contributed by atoms with Gasteiger partial charge < -0.3 is 4.98 Å². The minimum Gasteiger partial charge on any atom is -0.317 e. The Morgan fingerprint density at radius 1 is 1.12 bits per heavy atom. The van der Waals surface area contributed by atoms with Gasteiger partial charge in [-0.05, 0) is 24.3 Å². The second-order valence-corrected chi connectivity index (χ2v) is 7.47. The van der Waals surface area contributed by atoms with Gasteiger partial charge in [0.15, 0.2) is 5.69 Å². The number of fused-ring (bicyclic) bond motifs is 1. The second-order valence-electron chi connectivity index (χ2n) is 4.94. The summed E-state index contributed by atoms with van der Waals surface area (Å²) < 4.78 is 26.2. The monoisotopic (exact) mass is 397 g/mol. The molecule has 1 amide bonds. The number of H-pyrrole nitrogens is 1. The van der Waals surface area contributed by atoms with Crippen molar-refractivity contribution in [3.05, 3.63) is 68.6 Å². The van der Waals surface area contributed by atoms with Crippen molar-refractivity contribution in [2.45, 2.75) is 4.90 Å². The van der Waals surface area contributed by atoms with Crippen LogP contribution >= 0.6 is 23.2 Å². The highest BCUT2D eigenvalue weighted by molar-refractivity contribution is 7.90. The number of halogens is 2. The summed E-state index contributed by atoms with van der Waals surface area (Å²) in [5.41, 5.74) is -1.15. The number of carbonyl (C=O) groups excluding carboxylic acids is 1. The van der Waals surface area contributed by atoms with Gasteiger partial charge in [-0.1, -0.05) is 41.4 Å². The Balaban J connectivity index is 2.03. The molecule has 0 aliphatic heterocycles. The van der Waals surface area contributed by atoms with E-state index in [1.165, 1.54) is 36.4 Å². The largest absolute Gasteiger partial charge is 0.317 e. The maximum absolute atomic E-state index is 12.2. The standard InChI is InChI=1S/C15H9Cl2N3O4S/c16-8-6-10(17)12-11(7-8)18-13(14(21)19-12)15(22)20-25(23,24)9-4-2-1-3-5-9/h1-7H,(H,19,21)(H,20,22). The number of aromatic amines is 1. The molecule has 10 heteroatoms. The quantitative estimate of drug-likeness (QED) is 0.704. The summed E-state index contributed by atoms with van der Waals surface area (Å²) in [6.07, 6.45) is 0.